The monoisotopic (exact) mass is 332 g/mol. The molecule has 1 aliphatic rings. The summed E-state index contributed by atoms with van der Waals surface area (Å²) in [7, 11) is 0. The van der Waals surface area contributed by atoms with E-state index in [4.69, 9.17) is 0 Å². The molecule has 1 fully saturated rings. The molecule has 0 unspecified atom stereocenters. The van der Waals surface area contributed by atoms with Gasteiger partial charge in [0.25, 0.3) is 0 Å². The average Bonchev–Trinajstić information content (AvgIpc) is 2.53. The molecule has 1 aromatic rings. The first-order valence-corrected chi connectivity index (χ1v) is 8.44. The normalized spacial score (nSPS) is 17.0. The van der Waals surface area contributed by atoms with Crippen LogP contribution in [0.2, 0.25) is 0 Å². The lowest BCUT2D eigenvalue weighted by atomic mass is 9.81. The van der Waals surface area contributed by atoms with Crippen molar-refractivity contribution in [1.82, 2.24) is 16.0 Å². The van der Waals surface area contributed by atoms with Gasteiger partial charge >= 0.3 is 6.03 Å². The van der Waals surface area contributed by atoms with E-state index in [0.29, 0.717) is 12.2 Å². The van der Waals surface area contributed by atoms with Gasteiger partial charge in [0.05, 0.1) is 0 Å². The topological polar surface area (TPSA) is 82.3 Å². The van der Waals surface area contributed by atoms with Gasteiger partial charge in [0.2, 0.25) is 5.91 Å². The van der Waals surface area contributed by atoms with Crippen LogP contribution in [0, 0.1) is 5.41 Å². The van der Waals surface area contributed by atoms with Gasteiger partial charge in [-0.05, 0) is 57.3 Å². The maximum absolute atomic E-state index is 12.5. The summed E-state index contributed by atoms with van der Waals surface area (Å²) in [6, 6.07) is 8.76. The minimum absolute atomic E-state index is 0.114. The van der Waals surface area contributed by atoms with Crippen molar-refractivity contribution in [3.8, 4) is 0 Å². The van der Waals surface area contributed by atoms with E-state index in [9.17, 15) is 9.59 Å². The van der Waals surface area contributed by atoms with Gasteiger partial charge in [0.1, 0.15) is 5.54 Å². The van der Waals surface area contributed by atoms with Crippen molar-refractivity contribution in [2.45, 2.75) is 39.2 Å². The molecule has 24 heavy (non-hydrogen) atoms. The molecular weight excluding hydrogens is 304 g/mol. The zero-order valence-corrected chi connectivity index (χ0v) is 14.7. The van der Waals surface area contributed by atoms with E-state index < -0.39 is 11.6 Å². The summed E-state index contributed by atoms with van der Waals surface area (Å²) in [6.45, 7) is 8.19. The number of urea groups is 1. The predicted octanol–water partition coefficient (Wildman–Crippen LogP) is 2.09. The molecule has 132 valence electrons. The number of carbonyl (C=O) groups excluding carboxylic acids is 2. The molecule has 6 nitrogen and oxygen atoms in total. The smallest absolute Gasteiger partial charge is 0.320 e. The van der Waals surface area contributed by atoms with Crippen LogP contribution in [-0.4, -0.2) is 37.1 Å². The van der Waals surface area contributed by atoms with Crippen LogP contribution in [0.4, 0.5) is 10.5 Å². The number of anilines is 1. The summed E-state index contributed by atoms with van der Waals surface area (Å²) < 4.78 is 0. The first kappa shape index (κ1) is 18.3. The Morgan fingerprint density at radius 2 is 1.79 bits per heavy atom. The fourth-order valence-electron chi connectivity index (χ4n) is 2.75. The van der Waals surface area contributed by atoms with Crippen LogP contribution in [0.5, 0.6) is 0 Å². The Bertz CT molecular complexity index is 566. The van der Waals surface area contributed by atoms with Crippen LogP contribution >= 0.6 is 0 Å². The summed E-state index contributed by atoms with van der Waals surface area (Å²) in [6.07, 6.45) is 2.07. The molecule has 0 spiro atoms. The third-order valence-corrected chi connectivity index (χ3v) is 4.51. The van der Waals surface area contributed by atoms with Crippen molar-refractivity contribution in [2.75, 3.05) is 25.0 Å². The molecule has 3 amide bonds. The summed E-state index contributed by atoms with van der Waals surface area (Å²) >= 11 is 0. The Kier molecular flexibility index (Phi) is 5.83. The lowest BCUT2D eigenvalue weighted by Gasteiger charge is -2.35. The number of benzene rings is 1. The standard InChI is InChI=1S/C18H28N4O2/c1-17(2,22-16(24)21-14-7-5-4-6-8-14)15(23)20-13-18(3)9-11-19-12-10-18/h4-8,19H,9-13H2,1-3H3,(H,20,23)(H2,21,22,24). The highest BCUT2D eigenvalue weighted by Gasteiger charge is 2.32. The Balaban J connectivity index is 1.84. The molecule has 1 aromatic carbocycles. The highest BCUT2D eigenvalue weighted by Crippen LogP contribution is 2.26. The number of hydrogen-bond acceptors (Lipinski definition) is 3. The van der Waals surface area contributed by atoms with Gasteiger partial charge < -0.3 is 21.3 Å². The molecule has 2 rings (SSSR count). The molecule has 0 bridgehead atoms. The van der Waals surface area contributed by atoms with Crippen molar-refractivity contribution in [3.63, 3.8) is 0 Å². The number of piperidine rings is 1. The molecule has 0 aromatic heterocycles. The number of amides is 3. The lowest BCUT2D eigenvalue weighted by molar-refractivity contribution is -0.126. The Hall–Kier alpha value is -2.08. The first-order chi connectivity index (χ1) is 11.3. The van der Waals surface area contributed by atoms with Crippen LogP contribution in [-0.2, 0) is 4.79 Å². The van der Waals surface area contributed by atoms with Gasteiger partial charge in [0.15, 0.2) is 0 Å². The van der Waals surface area contributed by atoms with E-state index in [1.807, 2.05) is 18.2 Å². The number of rotatable bonds is 5. The number of carbonyl (C=O) groups is 2. The molecule has 4 N–H and O–H groups in total. The van der Waals surface area contributed by atoms with Crippen molar-refractivity contribution in [2.24, 2.45) is 5.41 Å². The Labute approximate surface area is 143 Å². The second-order valence-corrected chi connectivity index (χ2v) is 7.31. The van der Waals surface area contributed by atoms with Crippen molar-refractivity contribution >= 4 is 17.6 Å². The highest BCUT2D eigenvalue weighted by atomic mass is 16.2. The van der Waals surface area contributed by atoms with Crippen molar-refractivity contribution < 1.29 is 9.59 Å². The van der Waals surface area contributed by atoms with Gasteiger partial charge in [-0.3, -0.25) is 4.79 Å². The predicted molar refractivity (Wildman–Crippen MR) is 95.9 cm³/mol. The van der Waals surface area contributed by atoms with E-state index in [1.165, 1.54) is 0 Å². The van der Waals surface area contributed by atoms with Gasteiger partial charge in [-0.2, -0.15) is 0 Å². The molecule has 0 aliphatic carbocycles. The molecule has 1 saturated heterocycles. The van der Waals surface area contributed by atoms with E-state index in [2.05, 4.69) is 28.2 Å². The molecule has 0 saturated carbocycles. The second-order valence-electron chi connectivity index (χ2n) is 7.31. The fourth-order valence-corrected chi connectivity index (χ4v) is 2.75. The number of nitrogens with one attached hydrogen (secondary N) is 4. The first-order valence-electron chi connectivity index (χ1n) is 8.44. The van der Waals surface area contributed by atoms with Crippen molar-refractivity contribution in [3.05, 3.63) is 30.3 Å². The Morgan fingerprint density at radius 3 is 2.42 bits per heavy atom. The Morgan fingerprint density at radius 1 is 1.17 bits per heavy atom. The quantitative estimate of drug-likeness (QED) is 0.666. The number of hydrogen-bond donors (Lipinski definition) is 4. The summed E-state index contributed by atoms with van der Waals surface area (Å²) in [5.41, 5.74) is -0.181. The minimum atomic E-state index is -0.984. The zero-order chi connectivity index (χ0) is 17.6. The lowest BCUT2D eigenvalue weighted by Crippen LogP contribution is -2.57. The molecule has 1 aliphatic heterocycles. The van der Waals surface area contributed by atoms with Gasteiger partial charge in [-0.1, -0.05) is 25.1 Å². The molecule has 6 heteroatoms. The molecule has 1 heterocycles. The summed E-state index contributed by atoms with van der Waals surface area (Å²) in [5, 5.41) is 11.8. The SMILES string of the molecule is CC1(CNC(=O)C(C)(C)NC(=O)Nc2ccccc2)CCNCC1. The van der Waals surface area contributed by atoms with Crippen molar-refractivity contribution in [1.29, 1.82) is 0 Å². The van der Waals surface area contributed by atoms with Gasteiger partial charge in [-0.15, -0.1) is 0 Å². The number of para-hydroxylation sites is 1. The van der Waals surface area contributed by atoms with Crippen LogP contribution in [0.3, 0.4) is 0 Å². The largest absolute Gasteiger partial charge is 0.354 e. The molecule has 0 atom stereocenters. The van der Waals surface area contributed by atoms with Gasteiger partial charge in [-0.25, -0.2) is 4.79 Å². The highest BCUT2D eigenvalue weighted by molar-refractivity contribution is 5.95. The van der Waals surface area contributed by atoms with Crippen LogP contribution in [0.15, 0.2) is 30.3 Å². The van der Waals surface area contributed by atoms with E-state index in [0.717, 1.165) is 25.9 Å². The van der Waals surface area contributed by atoms with E-state index in [1.54, 1.807) is 26.0 Å². The fraction of sp³-hybridized carbons (Fsp3) is 0.556. The summed E-state index contributed by atoms with van der Waals surface area (Å²) in [5.74, 6) is -0.175. The van der Waals surface area contributed by atoms with E-state index in [-0.39, 0.29) is 11.3 Å². The van der Waals surface area contributed by atoms with Crippen LogP contribution in [0.25, 0.3) is 0 Å². The zero-order valence-electron chi connectivity index (χ0n) is 14.7. The van der Waals surface area contributed by atoms with E-state index >= 15 is 0 Å². The average molecular weight is 332 g/mol. The molecular formula is C18H28N4O2. The van der Waals surface area contributed by atoms with Gasteiger partial charge in [0, 0.05) is 12.2 Å². The van der Waals surface area contributed by atoms with Crippen LogP contribution in [0.1, 0.15) is 33.6 Å². The third-order valence-electron chi connectivity index (χ3n) is 4.51. The second kappa shape index (κ2) is 7.66. The summed E-state index contributed by atoms with van der Waals surface area (Å²) in [4.78, 5) is 24.6. The third kappa shape index (κ3) is 5.23. The maximum Gasteiger partial charge on any atom is 0.320 e. The maximum atomic E-state index is 12.5. The molecule has 0 radical (unpaired) electrons. The minimum Gasteiger partial charge on any atom is -0.354 e. The van der Waals surface area contributed by atoms with Crippen LogP contribution < -0.4 is 21.3 Å².